The highest BCUT2D eigenvalue weighted by Crippen LogP contribution is 2.11. The minimum Gasteiger partial charge on any atom is -0.218 e. The van der Waals surface area contributed by atoms with E-state index in [1.54, 1.807) is 0 Å². The lowest BCUT2D eigenvalue weighted by Gasteiger charge is -2.02. The Labute approximate surface area is 240 Å². The molecular formula is C36H46N4+4. The van der Waals surface area contributed by atoms with E-state index in [2.05, 4.69) is 117 Å². The van der Waals surface area contributed by atoms with Crippen molar-refractivity contribution in [3.63, 3.8) is 0 Å². The van der Waals surface area contributed by atoms with Crippen molar-refractivity contribution in [1.29, 1.82) is 0 Å². The number of aromatic amines is 2. The third-order valence-electron chi connectivity index (χ3n) is 7.34. The summed E-state index contributed by atoms with van der Waals surface area (Å²) in [6.45, 7) is 2.23. The first-order valence-corrected chi connectivity index (χ1v) is 15.1. The molecule has 4 heteroatoms. The molecule has 0 saturated heterocycles. The fourth-order valence-electron chi connectivity index (χ4n) is 4.87. The molecule has 40 heavy (non-hydrogen) atoms. The fraction of sp³-hybridized carbons (Fsp3) is 0.333. The first-order valence-electron chi connectivity index (χ1n) is 15.1. The minimum atomic E-state index is 1.11. The van der Waals surface area contributed by atoms with Gasteiger partial charge < -0.3 is 0 Å². The summed E-state index contributed by atoms with van der Waals surface area (Å²) in [7, 11) is 0. The van der Waals surface area contributed by atoms with Gasteiger partial charge in [-0.15, -0.1) is 0 Å². The zero-order valence-corrected chi connectivity index (χ0v) is 23.9. The molecule has 0 radical (unpaired) electrons. The van der Waals surface area contributed by atoms with Gasteiger partial charge in [0.1, 0.15) is 13.1 Å². The van der Waals surface area contributed by atoms with E-state index in [1.807, 2.05) is 24.8 Å². The number of unbranched alkanes of at least 4 members (excludes halogenated alkanes) is 9. The van der Waals surface area contributed by atoms with Crippen LogP contribution >= 0.6 is 0 Å². The SMILES string of the molecule is C(=C\c1cc[n+](CCCCCCCCCCCC[n+]2ccc(/C=C/c3cc[nH+]cc3)cc2)cc1)/c1cc[nH+]cc1. The number of H-pyrrole nitrogens is 2. The molecule has 0 fully saturated rings. The van der Waals surface area contributed by atoms with Gasteiger partial charge in [0, 0.05) is 61.4 Å². The zero-order valence-electron chi connectivity index (χ0n) is 23.9. The van der Waals surface area contributed by atoms with Crippen molar-refractivity contribution in [3.05, 3.63) is 120 Å². The second-order valence-electron chi connectivity index (χ2n) is 10.6. The molecule has 4 aromatic heterocycles. The molecule has 0 amide bonds. The van der Waals surface area contributed by atoms with Crippen LogP contribution < -0.4 is 19.1 Å². The number of nitrogens with zero attached hydrogens (tertiary/aromatic N) is 2. The van der Waals surface area contributed by atoms with Gasteiger partial charge in [0.15, 0.2) is 49.6 Å². The van der Waals surface area contributed by atoms with Crippen LogP contribution in [0.25, 0.3) is 24.3 Å². The molecule has 0 bridgehead atoms. The van der Waals surface area contributed by atoms with Crippen LogP contribution in [0.5, 0.6) is 0 Å². The smallest absolute Gasteiger partial charge is 0.169 e. The summed E-state index contributed by atoms with van der Waals surface area (Å²) >= 11 is 0. The molecule has 0 spiro atoms. The van der Waals surface area contributed by atoms with Crippen LogP contribution in [-0.2, 0) is 13.1 Å². The van der Waals surface area contributed by atoms with E-state index in [1.165, 1.54) is 86.5 Å². The van der Waals surface area contributed by atoms with E-state index in [4.69, 9.17) is 0 Å². The Kier molecular flexibility index (Phi) is 12.8. The molecule has 0 aliphatic rings. The second-order valence-corrected chi connectivity index (χ2v) is 10.6. The van der Waals surface area contributed by atoms with Gasteiger partial charge in [-0.1, -0.05) is 62.8 Å². The molecule has 206 valence electrons. The molecule has 0 atom stereocenters. The Hall–Kier alpha value is -3.92. The molecule has 0 unspecified atom stereocenters. The molecule has 0 saturated carbocycles. The van der Waals surface area contributed by atoms with Crippen LogP contribution in [0, 0.1) is 0 Å². The summed E-state index contributed by atoms with van der Waals surface area (Å²) < 4.78 is 4.62. The average molecular weight is 535 g/mol. The van der Waals surface area contributed by atoms with Crippen molar-refractivity contribution < 1.29 is 19.1 Å². The van der Waals surface area contributed by atoms with Crippen molar-refractivity contribution in [2.75, 3.05) is 0 Å². The Morgan fingerprint density at radius 1 is 0.375 bits per heavy atom. The van der Waals surface area contributed by atoms with Crippen LogP contribution in [-0.4, -0.2) is 0 Å². The summed E-state index contributed by atoms with van der Waals surface area (Å²) in [5, 5.41) is 0. The number of pyridine rings is 4. The van der Waals surface area contributed by atoms with E-state index >= 15 is 0 Å². The van der Waals surface area contributed by atoms with E-state index in [9.17, 15) is 0 Å². The van der Waals surface area contributed by atoms with Gasteiger partial charge in [-0.25, -0.2) is 19.1 Å². The molecule has 0 aromatic carbocycles. The summed E-state index contributed by atoms with van der Waals surface area (Å²) in [6, 6.07) is 17.1. The van der Waals surface area contributed by atoms with Crippen LogP contribution in [0.1, 0.15) is 86.5 Å². The van der Waals surface area contributed by atoms with Gasteiger partial charge in [0.05, 0.1) is 0 Å². The molecule has 0 aliphatic heterocycles. The summed E-state index contributed by atoms with van der Waals surface area (Å²) in [6.07, 6.45) is 38.7. The minimum absolute atomic E-state index is 1.11. The molecular weight excluding hydrogens is 488 g/mol. The number of aryl methyl sites for hydroxylation is 2. The number of hydrogen-bond donors (Lipinski definition) is 0. The van der Waals surface area contributed by atoms with Crippen molar-refractivity contribution >= 4 is 24.3 Å². The third-order valence-corrected chi connectivity index (χ3v) is 7.34. The van der Waals surface area contributed by atoms with Crippen molar-refractivity contribution in [2.45, 2.75) is 77.3 Å². The van der Waals surface area contributed by atoms with E-state index in [0.29, 0.717) is 0 Å². The predicted molar refractivity (Wildman–Crippen MR) is 163 cm³/mol. The first-order chi connectivity index (χ1) is 19.8. The van der Waals surface area contributed by atoms with E-state index < -0.39 is 0 Å². The second kappa shape index (κ2) is 17.6. The summed E-state index contributed by atoms with van der Waals surface area (Å²) in [4.78, 5) is 6.12. The van der Waals surface area contributed by atoms with Crippen molar-refractivity contribution in [3.8, 4) is 0 Å². The van der Waals surface area contributed by atoms with Gasteiger partial charge in [-0.2, -0.15) is 0 Å². The van der Waals surface area contributed by atoms with Crippen molar-refractivity contribution in [2.24, 2.45) is 0 Å². The van der Waals surface area contributed by atoms with Crippen LogP contribution in [0.15, 0.2) is 98.1 Å². The van der Waals surface area contributed by atoms with Gasteiger partial charge >= 0.3 is 0 Å². The van der Waals surface area contributed by atoms with Crippen LogP contribution in [0.3, 0.4) is 0 Å². The average Bonchev–Trinajstić information content (AvgIpc) is 3.02. The van der Waals surface area contributed by atoms with Crippen LogP contribution in [0.4, 0.5) is 0 Å². The fourth-order valence-corrected chi connectivity index (χ4v) is 4.87. The summed E-state index contributed by atoms with van der Waals surface area (Å²) in [5.74, 6) is 0. The predicted octanol–water partition coefficient (Wildman–Crippen LogP) is 6.83. The lowest BCUT2D eigenvalue weighted by molar-refractivity contribution is -0.697. The molecule has 4 nitrogen and oxygen atoms in total. The number of rotatable bonds is 17. The maximum atomic E-state index is 3.06. The van der Waals surface area contributed by atoms with Crippen LogP contribution in [0.2, 0.25) is 0 Å². The number of nitrogens with one attached hydrogen (secondary N) is 2. The molecule has 0 aliphatic carbocycles. The lowest BCUT2D eigenvalue weighted by Crippen LogP contribution is -2.32. The maximum absolute atomic E-state index is 3.06. The van der Waals surface area contributed by atoms with Crippen molar-refractivity contribution in [1.82, 2.24) is 0 Å². The quantitative estimate of drug-likeness (QED) is 0.105. The Morgan fingerprint density at radius 2 is 0.650 bits per heavy atom. The lowest BCUT2D eigenvalue weighted by atomic mass is 10.1. The largest absolute Gasteiger partial charge is 0.218 e. The Balaban J connectivity index is 0.963. The van der Waals surface area contributed by atoms with Gasteiger partial charge in [-0.05, 0) is 35.1 Å². The normalized spacial score (nSPS) is 11.5. The van der Waals surface area contributed by atoms with Gasteiger partial charge in [0.2, 0.25) is 0 Å². The topological polar surface area (TPSA) is 36.0 Å². The van der Waals surface area contributed by atoms with E-state index in [-0.39, 0.29) is 0 Å². The highest BCUT2D eigenvalue weighted by Gasteiger charge is 2.02. The summed E-state index contributed by atoms with van der Waals surface area (Å²) in [5.41, 5.74) is 4.89. The van der Waals surface area contributed by atoms with Gasteiger partial charge in [0.25, 0.3) is 0 Å². The Morgan fingerprint density at radius 3 is 0.975 bits per heavy atom. The highest BCUT2D eigenvalue weighted by molar-refractivity contribution is 5.69. The standard InChI is InChI=1S/C36H44N4/c1(3-5-7-9-27-39-29-19-35(20-30-39)13-11-33-15-23-37-24-16-33)2-4-6-8-10-28-40-31-21-36(22-32-40)14-12-34-17-25-38-26-18-34/h11-26,29-32H,1-10,27-28H2/q+2/p+2/b13-11+,14-12+. The number of hydrogen-bond acceptors (Lipinski definition) is 0. The molecule has 2 N–H and O–H groups in total. The molecule has 4 aromatic rings. The number of aromatic nitrogens is 4. The first kappa shape index (κ1) is 29.1. The molecule has 4 heterocycles. The monoisotopic (exact) mass is 534 g/mol. The Bertz CT molecular complexity index is 1160. The molecule has 4 rings (SSSR count). The highest BCUT2D eigenvalue weighted by atomic mass is 14.9. The van der Waals surface area contributed by atoms with Gasteiger partial charge in [-0.3, -0.25) is 0 Å². The zero-order chi connectivity index (χ0) is 27.5. The third kappa shape index (κ3) is 11.4. The van der Waals surface area contributed by atoms with E-state index in [0.717, 1.165) is 13.1 Å². The maximum Gasteiger partial charge on any atom is 0.169 e.